The van der Waals surface area contributed by atoms with Crippen LogP contribution in [0.2, 0.25) is 0 Å². The summed E-state index contributed by atoms with van der Waals surface area (Å²) in [4.78, 5) is 23.2. The van der Waals surface area contributed by atoms with Crippen LogP contribution < -0.4 is 10.1 Å². The Hall–Kier alpha value is -2.54. The van der Waals surface area contributed by atoms with E-state index in [-0.39, 0.29) is 16.8 Å². The number of nitro groups is 1. The highest BCUT2D eigenvalue weighted by atomic mass is 32.2. The van der Waals surface area contributed by atoms with E-state index in [1.165, 1.54) is 23.9 Å². The number of carbonyl (C=O) groups excluding carboxylic acids is 1. The van der Waals surface area contributed by atoms with Gasteiger partial charge in [0, 0.05) is 29.1 Å². The van der Waals surface area contributed by atoms with E-state index in [2.05, 4.69) is 5.32 Å². The van der Waals surface area contributed by atoms with E-state index in [0.29, 0.717) is 6.54 Å². The first-order valence-corrected chi connectivity index (χ1v) is 8.20. The topological polar surface area (TPSA) is 81.5 Å². The van der Waals surface area contributed by atoms with Gasteiger partial charge < -0.3 is 10.1 Å². The first kappa shape index (κ1) is 17.8. The lowest BCUT2D eigenvalue weighted by Crippen LogP contribution is -2.30. The summed E-state index contributed by atoms with van der Waals surface area (Å²) in [5, 5.41) is 13.2. The number of nitrogens with zero attached hydrogens (tertiary/aromatic N) is 1. The number of thioether (sulfide) groups is 1. The summed E-state index contributed by atoms with van der Waals surface area (Å²) in [5.41, 5.74) is 0.938. The van der Waals surface area contributed by atoms with E-state index >= 15 is 0 Å². The molecule has 1 N–H and O–H groups in total. The second-order valence-corrected chi connectivity index (χ2v) is 6.45. The molecule has 7 heteroatoms. The summed E-state index contributed by atoms with van der Waals surface area (Å²) in [6, 6.07) is 13.7. The van der Waals surface area contributed by atoms with Crippen molar-refractivity contribution in [1.82, 2.24) is 5.32 Å². The lowest BCUT2D eigenvalue weighted by molar-refractivity contribution is -0.384. The van der Waals surface area contributed by atoms with Crippen molar-refractivity contribution in [2.75, 3.05) is 7.11 Å². The number of para-hydroxylation sites is 1. The maximum atomic E-state index is 12.2. The number of hydrogen-bond acceptors (Lipinski definition) is 5. The van der Waals surface area contributed by atoms with Crippen LogP contribution in [0.3, 0.4) is 0 Å². The van der Waals surface area contributed by atoms with Crippen molar-refractivity contribution in [3.05, 3.63) is 64.2 Å². The van der Waals surface area contributed by atoms with Gasteiger partial charge in [0.15, 0.2) is 0 Å². The monoisotopic (exact) mass is 346 g/mol. The van der Waals surface area contributed by atoms with Crippen LogP contribution in [0.1, 0.15) is 12.5 Å². The molecule has 2 aromatic carbocycles. The lowest BCUT2D eigenvalue weighted by atomic mass is 10.2. The molecule has 0 aliphatic rings. The molecule has 0 radical (unpaired) electrons. The molecule has 2 aromatic rings. The summed E-state index contributed by atoms with van der Waals surface area (Å²) < 4.78 is 5.25. The summed E-state index contributed by atoms with van der Waals surface area (Å²) in [7, 11) is 1.59. The molecule has 0 aromatic heterocycles. The third-order valence-electron chi connectivity index (χ3n) is 3.38. The predicted octanol–water partition coefficient (Wildman–Crippen LogP) is 3.40. The van der Waals surface area contributed by atoms with Crippen LogP contribution in [0.15, 0.2) is 53.4 Å². The van der Waals surface area contributed by atoms with Crippen molar-refractivity contribution in [3.63, 3.8) is 0 Å². The maximum absolute atomic E-state index is 12.2. The quantitative estimate of drug-likeness (QED) is 0.472. The maximum Gasteiger partial charge on any atom is 0.269 e. The van der Waals surface area contributed by atoms with Crippen LogP contribution in [0.5, 0.6) is 5.75 Å². The second-order valence-electron chi connectivity index (χ2n) is 5.04. The van der Waals surface area contributed by atoms with Crippen molar-refractivity contribution in [1.29, 1.82) is 0 Å². The van der Waals surface area contributed by atoms with E-state index < -0.39 is 4.92 Å². The van der Waals surface area contributed by atoms with Crippen molar-refractivity contribution < 1.29 is 14.5 Å². The van der Waals surface area contributed by atoms with Crippen LogP contribution in [0.4, 0.5) is 5.69 Å². The van der Waals surface area contributed by atoms with Gasteiger partial charge in [-0.2, -0.15) is 0 Å². The zero-order valence-electron chi connectivity index (χ0n) is 13.4. The third kappa shape index (κ3) is 4.73. The zero-order chi connectivity index (χ0) is 17.5. The molecular formula is C17H18N2O4S. The molecule has 1 amide bonds. The number of carbonyl (C=O) groups is 1. The van der Waals surface area contributed by atoms with E-state index in [4.69, 9.17) is 4.74 Å². The van der Waals surface area contributed by atoms with E-state index in [9.17, 15) is 14.9 Å². The molecule has 2 rings (SSSR count). The van der Waals surface area contributed by atoms with Gasteiger partial charge in [-0.15, -0.1) is 11.8 Å². The molecule has 1 atom stereocenters. The summed E-state index contributed by atoms with van der Waals surface area (Å²) in [5.74, 6) is 0.623. The molecule has 0 aliphatic carbocycles. The van der Waals surface area contributed by atoms with E-state index in [1.54, 1.807) is 26.2 Å². The van der Waals surface area contributed by atoms with Crippen LogP contribution >= 0.6 is 11.8 Å². The Morgan fingerprint density at radius 2 is 1.92 bits per heavy atom. The Balaban J connectivity index is 1.91. The van der Waals surface area contributed by atoms with Crippen molar-refractivity contribution in [2.45, 2.75) is 23.6 Å². The number of hydrogen-bond donors (Lipinski definition) is 1. The summed E-state index contributed by atoms with van der Waals surface area (Å²) in [6.45, 7) is 2.18. The smallest absolute Gasteiger partial charge is 0.269 e. The van der Waals surface area contributed by atoms with Crippen LogP contribution in [-0.4, -0.2) is 23.2 Å². The molecule has 0 unspecified atom stereocenters. The highest BCUT2D eigenvalue weighted by Gasteiger charge is 2.15. The normalized spacial score (nSPS) is 11.6. The number of ether oxygens (including phenoxy) is 1. The van der Waals surface area contributed by atoms with Gasteiger partial charge in [0.25, 0.3) is 5.69 Å². The van der Waals surface area contributed by atoms with Crippen molar-refractivity contribution >= 4 is 23.4 Å². The Labute approximate surface area is 144 Å². The van der Waals surface area contributed by atoms with Gasteiger partial charge in [0.2, 0.25) is 5.91 Å². The molecular weight excluding hydrogens is 328 g/mol. The van der Waals surface area contributed by atoms with Gasteiger partial charge in [0.1, 0.15) is 5.75 Å². The second kappa shape index (κ2) is 8.35. The number of nitrogens with one attached hydrogen (secondary N) is 1. The van der Waals surface area contributed by atoms with Crippen molar-refractivity contribution in [2.24, 2.45) is 0 Å². The Kier molecular flexibility index (Phi) is 6.20. The van der Waals surface area contributed by atoms with E-state index in [1.807, 2.05) is 24.3 Å². The lowest BCUT2D eigenvalue weighted by Gasteiger charge is -2.13. The molecule has 0 fully saturated rings. The first-order valence-electron chi connectivity index (χ1n) is 7.32. The number of rotatable bonds is 7. The van der Waals surface area contributed by atoms with Gasteiger partial charge in [0.05, 0.1) is 17.3 Å². The summed E-state index contributed by atoms with van der Waals surface area (Å²) >= 11 is 1.35. The fourth-order valence-electron chi connectivity index (χ4n) is 2.08. The average Bonchev–Trinajstić information content (AvgIpc) is 2.60. The standard InChI is InChI=1S/C17H18N2O4S/c1-12(24-15-9-7-14(8-10-15)19(21)22)17(20)18-11-13-5-3-4-6-16(13)23-2/h3-10,12H,11H2,1-2H3,(H,18,20)/t12-/m1/s1. The molecule has 0 heterocycles. The van der Waals surface area contributed by atoms with Gasteiger partial charge >= 0.3 is 0 Å². The Morgan fingerprint density at radius 1 is 1.25 bits per heavy atom. The minimum atomic E-state index is -0.447. The number of non-ortho nitro benzene ring substituents is 1. The predicted molar refractivity (Wildman–Crippen MR) is 93.3 cm³/mol. The fraction of sp³-hybridized carbons (Fsp3) is 0.235. The van der Waals surface area contributed by atoms with Gasteiger partial charge in [-0.1, -0.05) is 18.2 Å². The molecule has 126 valence electrons. The Morgan fingerprint density at radius 3 is 2.54 bits per heavy atom. The highest BCUT2D eigenvalue weighted by Crippen LogP contribution is 2.25. The number of methoxy groups -OCH3 is 1. The molecule has 0 spiro atoms. The van der Waals surface area contributed by atoms with E-state index in [0.717, 1.165) is 16.2 Å². The highest BCUT2D eigenvalue weighted by molar-refractivity contribution is 8.00. The summed E-state index contributed by atoms with van der Waals surface area (Å²) in [6.07, 6.45) is 0. The van der Waals surface area contributed by atoms with Crippen LogP contribution in [0, 0.1) is 10.1 Å². The largest absolute Gasteiger partial charge is 0.496 e. The first-order chi connectivity index (χ1) is 11.5. The average molecular weight is 346 g/mol. The molecule has 0 saturated carbocycles. The Bertz CT molecular complexity index is 719. The third-order valence-corrected chi connectivity index (χ3v) is 4.49. The molecule has 0 bridgehead atoms. The van der Waals surface area contributed by atoms with Gasteiger partial charge in [-0.05, 0) is 25.1 Å². The zero-order valence-corrected chi connectivity index (χ0v) is 14.2. The minimum Gasteiger partial charge on any atom is -0.496 e. The van der Waals surface area contributed by atoms with Crippen molar-refractivity contribution in [3.8, 4) is 5.75 Å². The molecule has 6 nitrogen and oxygen atoms in total. The number of nitro benzene ring substituents is 1. The van der Waals surface area contributed by atoms with Gasteiger partial charge in [-0.3, -0.25) is 14.9 Å². The minimum absolute atomic E-state index is 0.0348. The van der Waals surface area contributed by atoms with Gasteiger partial charge in [-0.25, -0.2) is 0 Å². The number of amides is 1. The molecule has 0 saturated heterocycles. The van der Waals surface area contributed by atoms with Crippen LogP contribution in [0.25, 0.3) is 0 Å². The fourth-order valence-corrected chi connectivity index (χ4v) is 2.97. The molecule has 0 aliphatic heterocycles. The molecule has 24 heavy (non-hydrogen) atoms. The van der Waals surface area contributed by atoms with Crippen LogP contribution in [-0.2, 0) is 11.3 Å². The number of benzene rings is 2. The SMILES string of the molecule is COc1ccccc1CNC(=O)[C@@H](C)Sc1ccc([N+](=O)[O-])cc1.